The van der Waals surface area contributed by atoms with Crippen LogP contribution in [-0.2, 0) is 6.18 Å². The van der Waals surface area contributed by atoms with Gasteiger partial charge in [-0.2, -0.15) is 18.2 Å². The van der Waals surface area contributed by atoms with Gasteiger partial charge in [0.1, 0.15) is 0 Å². The molecule has 0 saturated heterocycles. The monoisotopic (exact) mass is 196 g/mol. The number of nitrogens with two attached hydrogens (primary N) is 1. The van der Waals surface area contributed by atoms with Crippen molar-refractivity contribution in [1.82, 2.24) is 10.1 Å². The third-order valence-corrected chi connectivity index (χ3v) is 1.01. The highest BCUT2D eigenvalue weighted by atomic mass is 19.4. The summed E-state index contributed by atoms with van der Waals surface area (Å²) >= 11 is 0. The van der Waals surface area contributed by atoms with E-state index in [-0.39, 0.29) is 0 Å². The predicted octanol–water partition coefficient (Wildman–Crippen LogP) is 0.183. The van der Waals surface area contributed by atoms with Crippen molar-refractivity contribution in [2.24, 2.45) is 10.9 Å². The summed E-state index contributed by atoms with van der Waals surface area (Å²) < 4.78 is 39.3. The zero-order chi connectivity index (χ0) is 10.1. The zero-order valence-electron chi connectivity index (χ0n) is 5.91. The van der Waals surface area contributed by atoms with Crippen molar-refractivity contribution in [1.29, 1.82) is 0 Å². The van der Waals surface area contributed by atoms with Crippen LogP contribution >= 0.6 is 0 Å². The second-order valence-corrected chi connectivity index (χ2v) is 1.91. The molecule has 1 heterocycles. The molecule has 3 N–H and O–H groups in total. The molecule has 0 aliphatic heterocycles. The molecule has 0 spiro atoms. The van der Waals surface area contributed by atoms with Gasteiger partial charge in [0, 0.05) is 0 Å². The Bertz CT molecular complexity index is 330. The van der Waals surface area contributed by atoms with Crippen LogP contribution in [-0.4, -0.2) is 21.2 Å². The van der Waals surface area contributed by atoms with Crippen LogP contribution < -0.4 is 5.73 Å². The van der Waals surface area contributed by atoms with Crippen LogP contribution in [0, 0.1) is 0 Å². The van der Waals surface area contributed by atoms with Gasteiger partial charge in [0.15, 0.2) is 0 Å². The van der Waals surface area contributed by atoms with Crippen molar-refractivity contribution in [2.75, 3.05) is 0 Å². The normalized spacial score (nSPS) is 13.3. The van der Waals surface area contributed by atoms with Gasteiger partial charge in [0.05, 0.1) is 0 Å². The third-order valence-electron chi connectivity index (χ3n) is 1.01. The summed E-state index contributed by atoms with van der Waals surface area (Å²) in [6.45, 7) is 0. The molecular formula is C4H3F3N4O2. The van der Waals surface area contributed by atoms with Crippen molar-refractivity contribution >= 4 is 5.84 Å². The molecule has 0 bridgehead atoms. The van der Waals surface area contributed by atoms with E-state index in [1.165, 1.54) is 0 Å². The first-order valence-corrected chi connectivity index (χ1v) is 2.84. The Morgan fingerprint density at radius 2 is 2.15 bits per heavy atom. The van der Waals surface area contributed by atoms with Crippen molar-refractivity contribution in [3.05, 3.63) is 11.7 Å². The van der Waals surface area contributed by atoms with Crippen molar-refractivity contribution < 1.29 is 22.9 Å². The van der Waals surface area contributed by atoms with Crippen molar-refractivity contribution in [3.8, 4) is 0 Å². The Hall–Kier alpha value is -1.80. The van der Waals surface area contributed by atoms with Gasteiger partial charge < -0.3 is 15.5 Å². The molecule has 0 saturated carbocycles. The first kappa shape index (κ1) is 9.29. The lowest BCUT2D eigenvalue weighted by Gasteiger charge is -1.95. The van der Waals surface area contributed by atoms with Crippen LogP contribution in [0.3, 0.4) is 0 Å². The quantitative estimate of drug-likeness (QED) is 0.289. The zero-order valence-corrected chi connectivity index (χ0v) is 5.91. The number of alkyl halides is 3. The van der Waals surface area contributed by atoms with E-state index in [4.69, 9.17) is 10.9 Å². The molecule has 0 atom stereocenters. The Labute approximate surface area is 68.8 Å². The van der Waals surface area contributed by atoms with Crippen LogP contribution in [0.5, 0.6) is 0 Å². The minimum atomic E-state index is -4.74. The number of aromatic nitrogens is 2. The lowest BCUT2D eigenvalue weighted by molar-refractivity contribution is -0.159. The van der Waals surface area contributed by atoms with E-state index in [1.54, 1.807) is 0 Å². The molecule has 0 radical (unpaired) electrons. The number of nitrogens with zero attached hydrogens (tertiary/aromatic N) is 3. The minimum Gasteiger partial charge on any atom is -0.409 e. The van der Waals surface area contributed by atoms with Gasteiger partial charge in [0.2, 0.25) is 11.7 Å². The average Bonchev–Trinajstić information content (AvgIpc) is 2.50. The maximum Gasteiger partial charge on any atom is 0.471 e. The fraction of sp³-hybridized carbons (Fsp3) is 0.250. The van der Waals surface area contributed by atoms with E-state index in [0.717, 1.165) is 0 Å². The third kappa shape index (κ3) is 1.86. The number of amidine groups is 1. The first-order valence-electron chi connectivity index (χ1n) is 2.84. The number of hydrogen-bond donors (Lipinski definition) is 2. The van der Waals surface area contributed by atoms with E-state index in [2.05, 4.69) is 19.8 Å². The molecule has 0 aliphatic rings. The number of oxime groups is 1. The molecule has 13 heavy (non-hydrogen) atoms. The molecule has 6 nitrogen and oxygen atoms in total. The maximum absolute atomic E-state index is 11.8. The Morgan fingerprint density at radius 3 is 2.54 bits per heavy atom. The Kier molecular flexibility index (Phi) is 2.09. The van der Waals surface area contributed by atoms with E-state index in [0.29, 0.717) is 0 Å². The van der Waals surface area contributed by atoms with E-state index in [9.17, 15) is 13.2 Å². The van der Waals surface area contributed by atoms with Crippen LogP contribution in [0.4, 0.5) is 13.2 Å². The number of halogens is 3. The van der Waals surface area contributed by atoms with E-state index < -0.39 is 23.7 Å². The second-order valence-electron chi connectivity index (χ2n) is 1.91. The first-order chi connectivity index (χ1) is 5.95. The number of rotatable bonds is 1. The topological polar surface area (TPSA) is 97.5 Å². The highest BCUT2D eigenvalue weighted by molar-refractivity contribution is 5.93. The van der Waals surface area contributed by atoms with Crippen LogP contribution in [0.15, 0.2) is 9.68 Å². The van der Waals surface area contributed by atoms with Gasteiger partial charge >= 0.3 is 12.1 Å². The molecule has 0 fully saturated rings. The highest BCUT2D eigenvalue weighted by Gasteiger charge is 2.38. The lowest BCUT2D eigenvalue weighted by Crippen LogP contribution is -2.15. The Morgan fingerprint density at radius 1 is 1.54 bits per heavy atom. The van der Waals surface area contributed by atoms with E-state index in [1.807, 2.05) is 0 Å². The fourth-order valence-corrected chi connectivity index (χ4v) is 0.487. The molecule has 72 valence electrons. The SMILES string of the molecule is N/C(=N\O)c1noc(C(F)(F)F)n1. The fourth-order valence-electron chi connectivity index (χ4n) is 0.487. The molecule has 0 unspecified atom stereocenters. The summed E-state index contributed by atoms with van der Waals surface area (Å²) in [7, 11) is 0. The summed E-state index contributed by atoms with van der Waals surface area (Å²) in [5.74, 6) is -2.82. The molecule has 0 aliphatic carbocycles. The van der Waals surface area contributed by atoms with Gasteiger partial charge in [-0.3, -0.25) is 0 Å². The summed E-state index contributed by atoms with van der Waals surface area (Å²) in [4.78, 5) is 2.83. The van der Waals surface area contributed by atoms with Gasteiger partial charge in [-0.25, -0.2) is 0 Å². The molecule has 0 aromatic carbocycles. The maximum atomic E-state index is 11.8. The van der Waals surface area contributed by atoms with Crippen LogP contribution in [0.2, 0.25) is 0 Å². The molecule has 1 aromatic rings. The Balaban J connectivity index is 3.00. The molecule has 1 rings (SSSR count). The van der Waals surface area contributed by atoms with Gasteiger partial charge in [-0.05, 0) is 0 Å². The summed E-state index contributed by atoms with van der Waals surface area (Å²) in [5.41, 5.74) is 4.90. The van der Waals surface area contributed by atoms with Crippen LogP contribution in [0.25, 0.3) is 0 Å². The molecule has 0 amide bonds. The van der Waals surface area contributed by atoms with E-state index >= 15 is 0 Å². The molecular weight excluding hydrogens is 193 g/mol. The van der Waals surface area contributed by atoms with Gasteiger partial charge in [-0.1, -0.05) is 10.3 Å². The standard InChI is InChI=1S/C4H3F3N4O2/c5-4(6,7)3-9-2(11-13-3)1(8)10-12/h12H,(H2,8,10). The lowest BCUT2D eigenvalue weighted by atomic mass is 10.5. The summed E-state index contributed by atoms with van der Waals surface area (Å²) in [6, 6.07) is 0. The van der Waals surface area contributed by atoms with Crippen molar-refractivity contribution in [2.45, 2.75) is 6.18 Å². The summed E-state index contributed by atoms with van der Waals surface area (Å²) in [6.07, 6.45) is -4.74. The van der Waals surface area contributed by atoms with Gasteiger partial charge in [-0.15, -0.1) is 0 Å². The molecule has 9 heteroatoms. The summed E-state index contributed by atoms with van der Waals surface area (Å²) in [5, 5.41) is 13.3. The van der Waals surface area contributed by atoms with Crippen molar-refractivity contribution in [3.63, 3.8) is 0 Å². The van der Waals surface area contributed by atoms with Gasteiger partial charge in [0.25, 0.3) is 0 Å². The molecule has 1 aromatic heterocycles. The highest BCUT2D eigenvalue weighted by Crippen LogP contribution is 2.27. The smallest absolute Gasteiger partial charge is 0.409 e. The number of hydrogen-bond acceptors (Lipinski definition) is 5. The largest absolute Gasteiger partial charge is 0.471 e. The second kappa shape index (κ2) is 2.92. The average molecular weight is 196 g/mol. The van der Waals surface area contributed by atoms with Crippen LogP contribution in [0.1, 0.15) is 11.7 Å². The predicted molar refractivity (Wildman–Crippen MR) is 31.8 cm³/mol. The minimum absolute atomic E-state index is 0.616.